The van der Waals surface area contributed by atoms with Gasteiger partial charge in [-0.3, -0.25) is 4.79 Å². The summed E-state index contributed by atoms with van der Waals surface area (Å²) < 4.78 is 44.6. The van der Waals surface area contributed by atoms with Crippen molar-refractivity contribution in [2.24, 2.45) is 16.7 Å². The van der Waals surface area contributed by atoms with Crippen molar-refractivity contribution in [1.29, 1.82) is 0 Å². The smallest absolute Gasteiger partial charge is 0.422 e. The molecule has 0 aliphatic carbocycles. The van der Waals surface area contributed by atoms with E-state index in [1.807, 2.05) is 34.6 Å². The van der Waals surface area contributed by atoms with E-state index < -0.39 is 36.7 Å². The molecule has 1 unspecified atom stereocenters. The first-order valence-electron chi connectivity index (χ1n) is 7.07. The summed E-state index contributed by atoms with van der Waals surface area (Å²) in [6.45, 7) is 8.85. The molecule has 22 heavy (non-hydrogen) atoms. The summed E-state index contributed by atoms with van der Waals surface area (Å²) in [5, 5.41) is 0. The van der Waals surface area contributed by atoms with Crippen molar-refractivity contribution < 1.29 is 32.2 Å². The molecule has 0 amide bonds. The number of hydrogen-bond acceptors (Lipinski definition) is 4. The van der Waals surface area contributed by atoms with E-state index in [2.05, 4.69) is 4.74 Å². The van der Waals surface area contributed by atoms with Gasteiger partial charge in [0.15, 0.2) is 13.2 Å². The number of esters is 2. The van der Waals surface area contributed by atoms with Crippen molar-refractivity contribution in [2.75, 3.05) is 13.2 Å². The highest BCUT2D eigenvalue weighted by molar-refractivity contribution is 5.80. The van der Waals surface area contributed by atoms with Crippen LogP contribution in [0.5, 0.6) is 0 Å². The fraction of sp³-hybridized carbons (Fsp3) is 0.867. The zero-order valence-corrected chi connectivity index (χ0v) is 14.0. The molecule has 0 spiro atoms. The number of carbonyl (C=O) groups is 2. The maximum Gasteiger partial charge on any atom is 0.422 e. The van der Waals surface area contributed by atoms with Gasteiger partial charge in [-0.05, 0) is 24.7 Å². The van der Waals surface area contributed by atoms with E-state index >= 15 is 0 Å². The SMILES string of the molecule is CC(C)C(C)(CC(C)(C)C)C(=O)OCC(=O)OCC(F)(F)F. The second kappa shape index (κ2) is 7.33. The molecule has 0 aromatic rings. The molecule has 0 saturated heterocycles. The Morgan fingerprint density at radius 3 is 1.86 bits per heavy atom. The number of hydrogen-bond donors (Lipinski definition) is 0. The second-order valence-corrected chi connectivity index (χ2v) is 7.16. The summed E-state index contributed by atoms with van der Waals surface area (Å²) in [4.78, 5) is 23.4. The Bertz CT molecular complexity index is 397. The van der Waals surface area contributed by atoms with E-state index in [0.717, 1.165) is 0 Å². The number of ether oxygens (including phenoxy) is 2. The molecule has 4 nitrogen and oxygen atoms in total. The zero-order valence-electron chi connectivity index (χ0n) is 14.0. The first kappa shape index (κ1) is 20.7. The first-order valence-corrected chi connectivity index (χ1v) is 7.07. The lowest BCUT2D eigenvalue weighted by atomic mass is 9.69. The highest BCUT2D eigenvalue weighted by atomic mass is 19.4. The van der Waals surface area contributed by atoms with Crippen LogP contribution in [-0.4, -0.2) is 31.3 Å². The van der Waals surface area contributed by atoms with Crippen molar-refractivity contribution in [1.82, 2.24) is 0 Å². The van der Waals surface area contributed by atoms with Crippen LogP contribution in [0.15, 0.2) is 0 Å². The Morgan fingerprint density at radius 1 is 1.00 bits per heavy atom. The molecule has 0 heterocycles. The predicted octanol–water partition coefficient (Wildman–Crippen LogP) is 3.73. The Kier molecular flexibility index (Phi) is 6.91. The van der Waals surface area contributed by atoms with E-state index in [-0.39, 0.29) is 11.3 Å². The largest absolute Gasteiger partial charge is 0.454 e. The van der Waals surface area contributed by atoms with Crippen LogP contribution in [0.25, 0.3) is 0 Å². The van der Waals surface area contributed by atoms with E-state index in [1.54, 1.807) is 6.92 Å². The quantitative estimate of drug-likeness (QED) is 0.698. The standard InChI is InChI=1S/C15H25F3O4/c1-10(2)14(6,8-13(3,4)5)12(20)21-7-11(19)22-9-15(16,17)18/h10H,7-9H2,1-6H3. The van der Waals surface area contributed by atoms with Gasteiger partial charge in [0, 0.05) is 0 Å². The van der Waals surface area contributed by atoms with E-state index in [1.165, 1.54) is 0 Å². The van der Waals surface area contributed by atoms with Gasteiger partial charge < -0.3 is 9.47 Å². The molecule has 0 saturated carbocycles. The Morgan fingerprint density at radius 2 is 1.50 bits per heavy atom. The van der Waals surface area contributed by atoms with Crippen molar-refractivity contribution >= 4 is 11.9 Å². The Hall–Kier alpha value is -1.27. The highest BCUT2D eigenvalue weighted by Gasteiger charge is 2.41. The van der Waals surface area contributed by atoms with Gasteiger partial charge >= 0.3 is 18.1 Å². The fourth-order valence-electron chi connectivity index (χ4n) is 2.11. The molecule has 7 heteroatoms. The maximum absolute atomic E-state index is 12.2. The van der Waals surface area contributed by atoms with Gasteiger partial charge in [0.25, 0.3) is 0 Å². The lowest BCUT2D eigenvalue weighted by Gasteiger charge is -2.36. The molecule has 1 atom stereocenters. The summed E-state index contributed by atoms with van der Waals surface area (Å²) in [7, 11) is 0. The highest BCUT2D eigenvalue weighted by Crippen LogP contribution is 2.40. The lowest BCUT2D eigenvalue weighted by molar-refractivity contribution is -0.191. The third kappa shape index (κ3) is 7.66. The minimum atomic E-state index is -4.60. The molecule has 0 bridgehead atoms. The van der Waals surface area contributed by atoms with E-state index in [4.69, 9.17) is 4.74 Å². The molecule has 0 fully saturated rings. The minimum absolute atomic E-state index is 0.0505. The Balaban J connectivity index is 4.63. The summed E-state index contributed by atoms with van der Waals surface area (Å²) in [6, 6.07) is 0. The number of alkyl halides is 3. The lowest BCUT2D eigenvalue weighted by Crippen LogP contribution is -2.39. The van der Waals surface area contributed by atoms with Crippen molar-refractivity contribution in [2.45, 2.75) is 54.1 Å². The van der Waals surface area contributed by atoms with Gasteiger partial charge in [-0.1, -0.05) is 34.6 Å². The average Bonchev–Trinajstić information content (AvgIpc) is 2.29. The molecule has 0 radical (unpaired) electrons. The summed E-state index contributed by atoms with van der Waals surface area (Å²) in [6.07, 6.45) is -4.08. The molecule has 0 aromatic heterocycles. The van der Waals surface area contributed by atoms with Gasteiger partial charge in [-0.15, -0.1) is 0 Å². The molecule has 0 aromatic carbocycles. The van der Waals surface area contributed by atoms with Crippen molar-refractivity contribution in [3.05, 3.63) is 0 Å². The number of carbonyl (C=O) groups excluding carboxylic acids is 2. The predicted molar refractivity (Wildman–Crippen MR) is 75.0 cm³/mol. The van der Waals surface area contributed by atoms with Crippen LogP contribution < -0.4 is 0 Å². The second-order valence-electron chi connectivity index (χ2n) is 7.16. The van der Waals surface area contributed by atoms with E-state index in [9.17, 15) is 22.8 Å². The molecule has 0 aliphatic heterocycles. The number of halogens is 3. The van der Waals surface area contributed by atoms with Crippen LogP contribution in [0.4, 0.5) is 13.2 Å². The molecule has 0 N–H and O–H groups in total. The molecule has 0 aliphatic rings. The van der Waals surface area contributed by atoms with Gasteiger partial charge in [0.05, 0.1) is 5.41 Å². The fourth-order valence-corrected chi connectivity index (χ4v) is 2.11. The van der Waals surface area contributed by atoms with E-state index in [0.29, 0.717) is 6.42 Å². The first-order chi connectivity index (χ1) is 9.67. The number of rotatable bonds is 6. The van der Waals surface area contributed by atoms with Crippen LogP contribution in [-0.2, 0) is 19.1 Å². The Labute approximate surface area is 129 Å². The summed E-state index contributed by atoms with van der Waals surface area (Å²) >= 11 is 0. The molecule has 130 valence electrons. The van der Waals surface area contributed by atoms with Crippen molar-refractivity contribution in [3.8, 4) is 0 Å². The topological polar surface area (TPSA) is 52.6 Å². The van der Waals surface area contributed by atoms with Gasteiger partial charge in [-0.2, -0.15) is 13.2 Å². The van der Waals surface area contributed by atoms with Crippen molar-refractivity contribution in [3.63, 3.8) is 0 Å². The monoisotopic (exact) mass is 326 g/mol. The van der Waals surface area contributed by atoms with Gasteiger partial charge in [0.2, 0.25) is 0 Å². The zero-order chi connectivity index (χ0) is 17.8. The van der Waals surface area contributed by atoms with Crippen LogP contribution in [0.3, 0.4) is 0 Å². The van der Waals surface area contributed by atoms with Gasteiger partial charge in [-0.25, -0.2) is 4.79 Å². The summed E-state index contributed by atoms with van der Waals surface area (Å²) in [5.41, 5.74) is -0.975. The van der Waals surface area contributed by atoms with Crippen LogP contribution in [0, 0.1) is 16.7 Å². The normalized spacial score (nSPS) is 15.4. The minimum Gasteiger partial charge on any atom is -0.454 e. The third-order valence-corrected chi connectivity index (χ3v) is 3.36. The maximum atomic E-state index is 12.2. The molecule has 0 rings (SSSR count). The third-order valence-electron chi connectivity index (χ3n) is 3.36. The summed E-state index contributed by atoms with van der Waals surface area (Å²) in [5.74, 6) is -1.88. The van der Waals surface area contributed by atoms with Crippen LogP contribution in [0.1, 0.15) is 48.0 Å². The average molecular weight is 326 g/mol. The van der Waals surface area contributed by atoms with Crippen LogP contribution >= 0.6 is 0 Å². The molecular weight excluding hydrogens is 301 g/mol. The van der Waals surface area contributed by atoms with Crippen LogP contribution in [0.2, 0.25) is 0 Å². The van der Waals surface area contributed by atoms with Gasteiger partial charge in [0.1, 0.15) is 0 Å². The molecular formula is C15H25F3O4.